The zero-order chi connectivity index (χ0) is 14.6. The maximum absolute atomic E-state index is 12.0. The number of nitrogens with zero attached hydrogens (tertiary/aromatic N) is 1. The fraction of sp³-hybridized carbons (Fsp3) is 0.429. The third kappa shape index (κ3) is 3.90. The molecule has 1 unspecified atom stereocenters. The van der Waals surface area contributed by atoms with Gasteiger partial charge in [-0.2, -0.15) is 5.26 Å². The molecule has 1 aromatic rings. The molecule has 0 radical (unpaired) electrons. The molecule has 0 aliphatic rings. The van der Waals surface area contributed by atoms with Crippen LogP contribution in [0, 0.1) is 17.2 Å². The van der Waals surface area contributed by atoms with Crippen LogP contribution in [0.2, 0.25) is 0 Å². The van der Waals surface area contributed by atoms with Gasteiger partial charge in [0.2, 0.25) is 0 Å². The molecule has 102 valence electrons. The van der Waals surface area contributed by atoms with Crippen molar-refractivity contribution in [2.24, 2.45) is 5.92 Å². The Morgan fingerprint density at radius 1 is 1.21 bits per heavy atom. The van der Waals surface area contributed by atoms with Gasteiger partial charge in [-0.05, 0) is 25.0 Å². The molecule has 0 spiro atoms. The first kappa shape index (κ1) is 15.4. The maximum Gasteiger partial charge on any atom is 0.177 e. The van der Waals surface area contributed by atoms with Crippen LogP contribution in [0.5, 0.6) is 0 Å². The molecule has 0 saturated carbocycles. The van der Waals surface area contributed by atoms with E-state index in [1.54, 1.807) is 6.92 Å². The predicted molar refractivity (Wildman–Crippen MR) is 73.6 cm³/mol. The summed E-state index contributed by atoms with van der Waals surface area (Å²) in [5, 5.41) is 8.11. The lowest BCUT2D eigenvalue weighted by atomic mass is 10.1. The number of benzene rings is 1. The SMILES string of the molecule is CC(C)C(C)S(=O)(=O)CC(=O)c1ccc(C#N)cc1. The van der Waals surface area contributed by atoms with E-state index in [4.69, 9.17) is 5.26 Å². The van der Waals surface area contributed by atoms with E-state index in [-0.39, 0.29) is 5.92 Å². The Kier molecular flexibility index (Phi) is 4.84. The van der Waals surface area contributed by atoms with Gasteiger partial charge in [0.15, 0.2) is 15.6 Å². The summed E-state index contributed by atoms with van der Waals surface area (Å²) in [6, 6.07) is 7.92. The minimum absolute atomic E-state index is 0.0289. The number of Topliss-reactive ketones (excluding diaryl/α,β-unsaturated/α-hetero) is 1. The Morgan fingerprint density at radius 2 is 1.74 bits per heavy atom. The van der Waals surface area contributed by atoms with E-state index in [2.05, 4.69) is 0 Å². The van der Waals surface area contributed by atoms with E-state index in [0.717, 1.165) is 0 Å². The van der Waals surface area contributed by atoms with Crippen LogP contribution in [0.15, 0.2) is 24.3 Å². The van der Waals surface area contributed by atoms with E-state index < -0.39 is 26.6 Å². The zero-order valence-corrected chi connectivity index (χ0v) is 12.1. The maximum atomic E-state index is 12.0. The summed E-state index contributed by atoms with van der Waals surface area (Å²) in [5.41, 5.74) is 0.758. The van der Waals surface area contributed by atoms with Crippen LogP contribution in [0.3, 0.4) is 0 Å². The average Bonchev–Trinajstić information content (AvgIpc) is 2.37. The second-order valence-corrected chi connectivity index (χ2v) is 7.23. The molecule has 4 nitrogen and oxygen atoms in total. The lowest BCUT2D eigenvalue weighted by molar-refractivity contribution is 0.102. The highest BCUT2D eigenvalue weighted by atomic mass is 32.2. The van der Waals surface area contributed by atoms with Crippen LogP contribution in [0.25, 0.3) is 0 Å². The molecule has 0 amide bonds. The van der Waals surface area contributed by atoms with Gasteiger partial charge < -0.3 is 0 Å². The molecule has 0 bridgehead atoms. The van der Waals surface area contributed by atoms with E-state index >= 15 is 0 Å². The molecule has 0 saturated heterocycles. The third-order valence-corrected chi connectivity index (χ3v) is 5.52. The molecule has 0 aromatic heterocycles. The van der Waals surface area contributed by atoms with Gasteiger partial charge >= 0.3 is 0 Å². The van der Waals surface area contributed by atoms with Gasteiger partial charge in [0.25, 0.3) is 0 Å². The van der Waals surface area contributed by atoms with Crippen molar-refractivity contribution in [3.63, 3.8) is 0 Å². The van der Waals surface area contributed by atoms with Crippen LogP contribution < -0.4 is 0 Å². The molecular formula is C14H17NO3S. The molecule has 1 atom stereocenters. The number of sulfone groups is 1. The van der Waals surface area contributed by atoms with Gasteiger partial charge in [-0.15, -0.1) is 0 Å². The second-order valence-electron chi connectivity index (χ2n) is 4.87. The molecule has 19 heavy (non-hydrogen) atoms. The topological polar surface area (TPSA) is 75.0 Å². The monoisotopic (exact) mass is 279 g/mol. The minimum Gasteiger partial charge on any atom is -0.293 e. The lowest BCUT2D eigenvalue weighted by Crippen LogP contribution is -2.29. The van der Waals surface area contributed by atoms with Crippen molar-refractivity contribution in [3.05, 3.63) is 35.4 Å². The fourth-order valence-corrected chi connectivity index (χ4v) is 3.17. The standard InChI is InChI=1S/C14H17NO3S/c1-10(2)11(3)19(17,18)9-14(16)13-6-4-12(8-15)5-7-13/h4-7,10-11H,9H2,1-3H3. The van der Waals surface area contributed by atoms with Crippen LogP contribution in [-0.4, -0.2) is 25.2 Å². The molecule has 0 aliphatic carbocycles. The number of hydrogen-bond acceptors (Lipinski definition) is 4. The zero-order valence-electron chi connectivity index (χ0n) is 11.3. The van der Waals surface area contributed by atoms with Crippen molar-refractivity contribution in [1.29, 1.82) is 5.26 Å². The number of carbonyl (C=O) groups is 1. The Labute approximate surface area is 114 Å². The Balaban J connectivity index is 2.88. The van der Waals surface area contributed by atoms with E-state index in [0.29, 0.717) is 11.1 Å². The van der Waals surface area contributed by atoms with Crippen molar-refractivity contribution in [2.75, 3.05) is 5.75 Å². The Hall–Kier alpha value is -1.67. The highest BCUT2D eigenvalue weighted by molar-refractivity contribution is 7.92. The quantitative estimate of drug-likeness (QED) is 0.774. The summed E-state index contributed by atoms with van der Waals surface area (Å²) < 4.78 is 24.0. The van der Waals surface area contributed by atoms with Gasteiger partial charge in [-0.3, -0.25) is 4.79 Å². The smallest absolute Gasteiger partial charge is 0.177 e. The number of carbonyl (C=O) groups excluding carboxylic acids is 1. The van der Waals surface area contributed by atoms with Crippen molar-refractivity contribution >= 4 is 15.6 Å². The van der Waals surface area contributed by atoms with E-state index in [1.807, 2.05) is 19.9 Å². The molecule has 0 aliphatic heterocycles. The number of nitriles is 1. The first-order valence-corrected chi connectivity index (χ1v) is 7.74. The van der Waals surface area contributed by atoms with Gasteiger partial charge in [0.1, 0.15) is 5.75 Å². The van der Waals surface area contributed by atoms with Gasteiger partial charge in [-0.25, -0.2) is 8.42 Å². The summed E-state index contributed by atoms with van der Waals surface area (Å²) in [6.07, 6.45) is 0. The van der Waals surface area contributed by atoms with Gasteiger partial charge in [0.05, 0.1) is 16.9 Å². The highest BCUT2D eigenvalue weighted by Gasteiger charge is 2.27. The van der Waals surface area contributed by atoms with Gasteiger partial charge in [-0.1, -0.05) is 26.0 Å². The number of hydrogen-bond donors (Lipinski definition) is 0. The van der Waals surface area contributed by atoms with Crippen molar-refractivity contribution in [1.82, 2.24) is 0 Å². The normalized spacial score (nSPS) is 13.0. The largest absolute Gasteiger partial charge is 0.293 e. The molecule has 0 N–H and O–H groups in total. The summed E-state index contributed by atoms with van der Waals surface area (Å²) in [5.74, 6) is -0.950. The van der Waals surface area contributed by atoms with E-state index in [9.17, 15) is 13.2 Å². The first-order valence-electron chi connectivity index (χ1n) is 6.03. The highest BCUT2D eigenvalue weighted by Crippen LogP contribution is 2.14. The van der Waals surface area contributed by atoms with E-state index in [1.165, 1.54) is 24.3 Å². The van der Waals surface area contributed by atoms with Crippen LogP contribution >= 0.6 is 0 Å². The third-order valence-electron chi connectivity index (χ3n) is 3.17. The van der Waals surface area contributed by atoms with Crippen LogP contribution in [0.4, 0.5) is 0 Å². The summed E-state index contributed by atoms with van der Waals surface area (Å²) in [7, 11) is -3.44. The summed E-state index contributed by atoms with van der Waals surface area (Å²) in [4.78, 5) is 11.9. The fourth-order valence-electron chi connectivity index (χ4n) is 1.54. The molecular weight excluding hydrogens is 262 g/mol. The van der Waals surface area contributed by atoms with Crippen molar-refractivity contribution < 1.29 is 13.2 Å². The first-order chi connectivity index (χ1) is 8.77. The van der Waals surface area contributed by atoms with Crippen molar-refractivity contribution in [2.45, 2.75) is 26.0 Å². The second kappa shape index (κ2) is 5.98. The number of ketones is 1. The summed E-state index contributed by atoms with van der Waals surface area (Å²) in [6.45, 7) is 5.24. The Morgan fingerprint density at radius 3 is 2.16 bits per heavy atom. The van der Waals surface area contributed by atoms with Crippen LogP contribution in [-0.2, 0) is 9.84 Å². The molecule has 0 fully saturated rings. The lowest BCUT2D eigenvalue weighted by Gasteiger charge is -2.15. The average molecular weight is 279 g/mol. The van der Waals surface area contributed by atoms with Crippen LogP contribution in [0.1, 0.15) is 36.7 Å². The predicted octanol–water partition coefficient (Wildman–Crippen LogP) is 2.20. The minimum atomic E-state index is -3.44. The molecule has 1 rings (SSSR count). The van der Waals surface area contributed by atoms with Gasteiger partial charge in [0, 0.05) is 5.56 Å². The molecule has 5 heteroatoms. The molecule has 0 heterocycles. The van der Waals surface area contributed by atoms with Crippen molar-refractivity contribution in [3.8, 4) is 6.07 Å². The molecule has 1 aromatic carbocycles. The summed E-state index contributed by atoms with van der Waals surface area (Å²) >= 11 is 0. The Bertz CT molecular complexity index is 595. The number of rotatable bonds is 5.